The third kappa shape index (κ3) is 2.60. The van der Waals surface area contributed by atoms with Crippen LogP contribution in [-0.4, -0.2) is 30.1 Å². The molecule has 0 aromatic heterocycles. The van der Waals surface area contributed by atoms with Gasteiger partial charge in [0.15, 0.2) is 0 Å². The molecule has 7 nitrogen and oxygen atoms in total. The minimum Gasteiger partial charge on any atom is -0.274 e. The Hall–Kier alpha value is -2.03. The van der Waals surface area contributed by atoms with Crippen molar-refractivity contribution >= 4 is 21.6 Å². The number of rotatable bonds is 3. The zero-order chi connectivity index (χ0) is 15.9. The lowest BCUT2D eigenvalue weighted by molar-refractivity contribution is -0.387. The van der Waals surface area contributed by atoms with Crippen LogP contribution in [0.2, 0.25) is 0 Å². The Kier molecular flexibility index (Phi) is 3.70. The Morgan fingerprint density at radius 1 is 1.43 bits per heavy atom. The van der Waals surface area contributed by atoms with E-state index in [1.54, 1.807) is 6.92 Å². The van der Waals surface area contributed by atoms with Crippen molar-refractivity contribution in [3.8, 4) is 0 Å². The second kappa shape index (κ2) is 5.06. The molecule has 1 heterocycles. The van der Waals surface area contributed by atoms with Crippen LogP contribution in [0.3, 0.4) is 0 Å². The van der Waals surface area contributed by atoms with Gasteiger partial charge in [-0.05, 0) is 24.5 Å². The lowest BCUT2D eigenvalue weighted by Crippen LogP contribution is -2.32. The Morgan fingerprint density at radius 3 is 2.52 bits per heavy atom. The smallest absolute Gasteiger partial charge is 0.274 e. The third-order valence-electron chi connectivity index (χ3n) is 3.27. The number of aryl methyl sites for hydroxylation is 1. The molecule has 0 bridgehead atoms. The van der Waals surface area contributed by atoms with Crippen LogP contribution < -0.4 is 0 Å². The zero-order valence-corrected chi connectivity index (χ0v) is 12.2. The standard InChI is InChI=1S/C12H13FN2O5S/c1-7-3-11(16)14(6-7)21(19,20)9-4-8(2)12(13)10(5-9)15(17)18/h4-5,7H,3,6H2,1-2H3. The van der Waals surface area contributed by atoms with Gasteiger partial charge in [-0.25, -0.2) is 12.7 Å². The highest BCUT2D eigenvalue weighted by atomic mass is 32.2. The molecule has 1 atom stereocenters. The molecule has 0 aliphatic carbocycles. The molecule has 1 amide bonds. The molecule has 0 spiro atoms. The molecule has 1 unspecified atom stereocenters. The summed E-state index contributed by atoms with van der Waals surface area (Å²) >= 11 is 0. The van der Waals surface area contributed by atoms with Gasteiger partial charge in [-0.15, -0.1) is 0 Å². The summed E-state index contributed by atoms with van der Waals surface area (Å²) in [6.45, 7) is 2.98. The first-order valence-electron chi connectivity index (χ1n) is 6.14. The van der Waals surface area contributed by atoms with E-state index < -0.39 is 37.3 Å². The molecular weight excluding hydrogens is 303 g/mol. The van der Waals surface area contributed by atoms with Crippen LogP contribution >= 0.6 is 0 Å². The predicted molar refractivity (Wildman–Crippen MR) is 70.5 cm³/mol. The van der Waals surface area contributed by atoms with Crippen molar-refractivity contribution in [2.45, 2.75) is 25.2 Å². The van der Waals surface area contributed by atoms with Gasteiger partial charge in [0.2, 0.25) is 11.7 Å². The van der Waals surface area contributed by atoms with Crippen molar-refractivity contribution in [3.05, 3.63) is 33.6 Å². The average Bonchev–Trinajstić information content (AvgIpc) is 2.71. The average molecular weight is 316 g/mol. The number of nitrogens with zero attached hydrogens (tertiary/aromatic N) is 2. The number of amides is 1. The van der Waals surface area contributed by atoms with E-state index in [-0.39, 0.29) is 24.4 Å². The summed E-state index contributed by atoms with van der Waals surface area (Å²) in [6, 6.07) is 1.64. The molecule has 0 radical (unpaired) electrons. The van der Waals surface area contributed by atoms with Crippen LogP contribution in [0, 0.1) is 28.8 Å². The molecule has 114 valence electrons. The minimum atomic E-state index is -4.20. The van der Waals surface area contributed by atoms with Gasteiger partial charge in [-0.1, -0.05) is 6.92 Å². The predicted octanol–water partition coefficient (Wildman–Crippen LogP) is 1.60. The van der Waals surface area contributed by atoms with E-state index >= 15 is 0 Å². The zero-order valence-electron chi connectivity index (χ0n) is 11.4. The minimum absolute atomic E-state index is 0.0192. The molecule has 1 aromatic carbocycles. The summed E-state index contributed by atoms with van der Waals surface area (Å²) in [5, 5.41) is 10.8. The molecule has 1 aliphatic heterocycles. The Balaban J connectivity index is 2.56. The number of benzene rings is 1. The highest BCUT2D eigenvalue weighted by molar-refractivity contribution is 7.89. The number of carbonyl (C=O) groups excluding carboxylic acids is 1. The van der Waals surface area contributed by atoms with E-state index in [9.17, 15) is 27.7 Å². The molecule has 0 saturated carbocycles. The first kappa shape index (κ1) is 15.4. The normalized spacial score (nSPS) is 19.1. The number of hydrogen-bond donors (Lipinski definition) is 0. The van der Waals surface area contributed by atoms with Crippen LogP contribution in [0.4, 0.5) is 10.1 Å². The fourth-order valence-electron chi connectivity index (χ4n) is 2.21. The number of nitro groups is 1. The number of carbonyl (C=O) groups is 1. The molecule has 0 N–H and O–H groups in total. The molecular formula is C12H13FN2O5S. The van der Waals surface area contributed by atoms with Crippen LogP contribution in [0.5, 0.6) is 0 Å². The van der Waals surface area contributed by atoms with Crippen LogP contribution in [0.1, 0.15) is 18.9 Å². The summed E-state index contributed by atoms with van der Waals surface area (Å²) < 4.78 is 39.1. The topological polar surface area (TPSA) is 97.6 Å². The van der Waals surface area contributed by atoms with Crippen molar-refractivity contribution in [2.24, 2.45) is 5.92 Å². The Labute approximate surface area is 120 Å². The SMILES string of the molecule is Cc1cc(S(=O)(=O)N2CC(C)CC2=O)cc([N+](=O)[O-])c1F. The summed E-state index contributed by atoms with van der Waals surface area (Å²) in [5.41, 5.74) is -1.09. The maximum absolute atomic E-state index is 13.6. The summed E-state index contributed by atoms with van der Waals surface area (Å²) in [5.74, 6) is -1.77. The molecule has 1 fully saturated rings. The van der Waals surface area contributed by atoms with Gasteiger partial charge in [-0.3, -0.25) is 14.9 Å². The van der Waals surface area contributed by atoms with Gasteiger partial charge < -0.3 is 0 Å². The van der Waals surface area contributed by atoms with E-state index in [1.165, 1.54) is 6.92 Å². The summed E-state index contributed by atoms with van der Waals surface area (Å²) in [7, 11) is -4.20. The maximum Gasteiger partial charge on any atom is 0.306 e. The second-order valence-corrected chi connectivity index (χ2v) is 6.93. The first-order chi connectivity index (χ1) is 9.64. The monoisotopic (exact) mass is 316 g/mol. The van der Waals surface area contributed by atoms with Crippen LogP contribution in [-0.2, 0) is 14.8 Å². The van der Waals surface area contributed by atoms with Crippen molar-refractivity contribution in [1.29, 1.82) is 0 Å². The second-order valence-electron chi connectivity index (χ2n) is 5.07. The maximum atomic E-state index is 13.6. The summed E-state index contributed by atoms with van der Waals surface area (Å²) in [6.07, 6.45) is 0.0987. The molecule has 1 saturated heterocycles. The van der Waals surface area contributed by atoms with Crippen molar-refractivity contribution in [2.75, 3.05) is 6.54 Å². The largest absolute Gasteiger partial charge is 0.306 e. The molecule has 2 rings (SSSR count). The number of sulfonamides is 1. The fraction of sp³-hybridized carbons (Fsp3) is 0.417. The van der Waals surface area contributed by atoms with E-state index in [1.807, 2.05) is 0 Å². The van der Waals surface area contributed by atoms with Crippen molar-refractivity contribution in [1.82, 2.24) is 4.31 Å². The number of hydrogen-bond acceptors (Lipinski definition) is 5. The number of halogens is 1. The highest BCUT2D eigenvalue weighted by Crippen LogP contribution is 2.30. The van der Waals surface area contributed by atoms with E-state index in [0.717, 1.165) is 6.07 Å². The number of nitro benzene ring substituents is 1. The van der Waals surface area contributed by atoms with Crippen LogP contribution in [0.15, 0.2) is 17.0 Å². The van der Waals surface area contributed by atoms with Crippen LogP contribution in [0.25, 0.3) is 0 Å². The van der Waals surface area contributed by atoms with E-state index in [0.29, 0.717) is 10.4 Å². The van der Waals surface area contributed by atoms with Gasteiger partial charge in [-0.2, -0.15) is 4.39 Å². The van der Waals surface area contributed by atoms with Gasteiger partial charge in [0.1, 0.15) is 0 Å². The quantitative estimate of drug-likeness (QED) is 0.623. The molecule has 9 heteroatoms. The lowest BCUT2D eigenvalue weighted by Gasteiger charge is -2.17. The van der Waals surface area contributed by atoms with Gasteiger partial charge in [0.25, 0.3) is 10.0 Å². The van der Waals surface area contributed by atoms with Crippen molar-refractivity contribution < 1.29 is 22.5 Å². The highest BCUT2D eigenvalue weighted by Gasteiger charge is 2.37. The lowest BCUT2D eigenvalue weighted by atomic mass is 10.2. The Morgan fingerprint density at radius 2 is 2.05 bits per heavy atom. The van der Waals surface area contributed by atoms with E-state index in [2.05, 4.69) is 0 Å². The van der Waals surface area contributed by atoms with Gasteiger partial charge in [0.05, 0.1) is 9.82 Å². The molecule has 1 aliphatic rings. The van der Waals surface area contributed by atoms with Crippen molar-refractivity contribution in [3.63, 3.8) is 0 Å². The molecule has 1 aromatic rings. The van der Waals surface area contributed by atoms with Gasteiger partial charge in [0, 0.05) is 19.0 Å². The van der Waals surface area contributed by atoms with Gasteiger partial charge >= 0.3 is 5.69 Å². The third-order valence-corrected chi connectivity index (χ3v) is 5.04. The fourth-order valence-corrected chi connectivity index (χ4v) is 3.84. The Bertz CT molecular complexity index is 731. The summed E-state index contributed by atoms with van der Waals surface area (Å²) in [4.78, 5) is 21.1. The first-order valence-corrected chi connectivity index (χ1v) is 7.58. The molecule has 21 heavy (non-hydrogen) atoms. The van der Waals surface area contributed by atoms with E-state index in [4.69, 9.17) is 0 Å².